The quantitative estimate of drug-likeness (QED) is 0.116. The Morgan fingerprint density at radius 1 is 0.731 bits per heavy atom. The summed E-state index contributed by atoms with van der Waals surface area (Å²) >= 11 is 1.53. The van der Waals surface area contributed by atoms with Crippen molar-refractivity contribution in [3.8, 4) is 16.8 Å². The number of aliphatic hydroxyl groups excluding tert-OH is 1. The van der Waals surface area contributed by atoms with Gasteiger partial charge in [-0.1, -0.05) is 122 Å². The number of rotatable bonds is 10. The summed E-state index contributed by atoms with van der Waals surface area (Å²) < 4.78 is 15.1. The molecule has 2 aliphatic rings. The van der Waals surface area contributed by atoms with Gasteiger partial charge in [-0.2, -0.15) is 4.68 Å². The molecule has 1 N–H and O–H groups in total. The first-order valence-electron chi connectivity index (χ1n) is 17.1. The van der Waals surface area contributed by atoms with E-state index in [0.717, 1.165) is 39.1 Å². The number of para-hydroxylation sites is 1. The van der Waals surface area contributed by atoms with Crippen LogP contribution in [-0.4, -0.2) is 53.9 Å². The summed E-state index contributed by atoms with van der Waals surface area (Å²) in [6, 6.07) is 40.4. The van der Waals surface area contributed by atoms with Crippen LogP contribution in [0.4, 0.5) is 0 Å². The monoisotopic (exact) mass is 709 g/mol. The van der Waals surface area contributed by atoms with E-state index in [2.05, 4.69) is 22.4 Å². The molecule has 0 radical (unpaired) electrons. The third-order valence-electron chi connectivity index (χ3n) is 9.66. The van der Waals surface area contributed by atoms with Crippen molar-refractivity contribution in [3.63, 3.8) is 0 Å². The zero-order chi connectivity index (χ0) is 35.6. The number of ether oxygens (including phenoxy) is 2. The van der Waals surface area contributed by atoms with E-state index in [9.17, 15) is 14.7 Å². The Kier molecular flexibility index (Phi) is 9.48. The van der Waals surface area contributed by atoms with E-state index >= 15 is 0 Å². The zero-order valence-corrected chi connectivity index (χ0v) is 29.1. The van der Waals surface area contributed by atoms with Crippen LogP contribution in [0, 0.1) is 5.92 Å². The molecular formula is C41H35N5O5S. The van der Waals surface area contributed by atoms with E-state index in [1.807, 2.05) is 103 Å². The fourth-order valence-corrected chi connectivity index (χ4v) is 7.83. The molecule has 5 aromatic carbocycles. The summed E-state index contributed by atoms with van der Waals surface area (Å²) in [6.07, 6.45) is -1.15. The first-order chi connectivity index (χ1) is 25.5. The molecule has 0 saturated carbocycles. The summed E-state index contributed by atoms with van der Waals surface area (Å²) in [5.41, 5.74) is 7.17. The van der Waals surface area contributed by atoms with Gasteiger partial charge in [0, 0.05) is 17.2 Å². The number of aliphatic hydroxyl groups is 1. The van der Waals surface area contributed by atoms with Gasteiger partial charge < -0.3 is 14.6 Å². The fraction of sp³-hybridized carbons (Fsp3) is 0.195. The Balaban J connectivity index is 1.04. The molecule has 0 unspecified atom stereocenters. The van der Waals surface area contributed by atoms with Gasteiger partial charge in [0.05, 0.1) is 42.2 Å². The van der Waals surface area contributed by atoms with E-state index in [1.54, 1.807) is 28.9 Å². The van der Waals surface area contributed by atoms with Crippen molar-refractivity contribution in [2.24, 2.45) is 5.92 Å². The van der Waals surface area contributed by atoms with Gasteiger partial charge in [0.1, 0.15) is 0 Å². The maximum absolute atomic E-state index is 13.1. The number of fused-ring (bicyclic) bond motifs is 1. The average molecular weight is 710 g/mol. The van der Waals surface area contributed by atoms with Crippen molar-refractivity contribution in [1.29, 1.82) is 0 Å². The number of aromatic nitrogens is 4. The number of carbonyl (C=O) groups is 2. The molecule has 0 bridgehead atoms. The van der Waals surface area contributed by atoms with E-state index in [-0.39, 0.29) is 43.1 Å². The SMILES string of the molecule is C[C@H]1[C@@H](CSc2nnnn2-c2ccccc2)O[C@@H](c2ccc(-c3ccccc3CN3C(=O)c4ccccc4C3=O)cc2)O[C@H]1c1ccc(CO)cc1. The number of benzene rings is 5. The van der Waals surface area contributed by atoms with Crippen LogP contribution in [0.2, 0.25) is 0 Å². The van der Waals surface area contributed by atoms with Crippen molar-refractivity contribution in [2.45, 2.75) is 43.7 Å². The van der Waals surface area contributed by atoms with E-state index in [4.69, 9.17) is 9.47 Å². The second-order valence-electron chi connectivity index (χ2n) is 12.9. The van der Waals surface area contributed by atoms with Gasteiger partial charge >= 0.3 is 0 Å². The molecule has 4 atom stereocenters. The van der Waals surface area contributed by atoms with Gasteiger partial charge in [-0.15, -0.1) is 5.10 Å². The summed E-state index contributed by atoms with van der Waals surface area (Å²) in [5.74, 6) is 0.00817. The standard InChI is InChI=1S/C41H35N5O5S/c1-26-36(25-52-41-42-43-44-46(41)32-10-3-2-4-11-32)50-40(51-37(26)29-17-15-27(24-47)16-18-29)30-21-19-28(20-22-30)33-12-6-5-9-31(33)23-45-38(48)34-13-7-8-14-35(34)39(45)49/h2-22,26,36-37,40,47H,23-25H2,1H3/t26-,36+,37+,40+/m0/s1. The summed E-state index contributed by atoms with van der Waals surface area (Å²) in [5, 5.41) is 22.7. The number of thioether (sulfide) groups is 1. The lowest BCUT2D eigenvalue weighted by atomic mass is 9.91. The summed E-state index contributed by atoms with van der Waals surface area (Å²) in [6.45, 7) is 2.26. The molecule has 11 heteroatoms. The van der Waals surface area contributed by atoms with E-state index in [1.165, 1.54) is 16.7 Å². The zero-order valence-electron chi connectivity index (χ0n) is 28.3. The molecule has 260 valence electrons. The maximum Gasteiger partial charge on any atom is 0.261 e. The van der Waals surface area contributed by atoms with Crippen LogP contribution in [0.15, 0.2) is 133 Å². The fourth-order valence-electron chi connectivity index (χ4n) is 6.78. The molecule has 52 heavy (non-hydrogen) atoms. The van der Waals surface area contributed by atoms with Crippen LogP contribution in [0.1, 0.15) is 62.3 Å². The molecule has 1 saturated heterocycles. The number of hydrogen-bond donors (Lipinski definition) is 1. The second kappa shape index (κ2) is 14.6. The topological polar surface area (TPSA) is 120 Å². The number of nitrogens with zero attached hydrogens (tertiary/aromatic N) is 5. The number of hydrogen-bond acceptors (Lipinski definition) is 9. The highest BCUT2D eigenvalue weighted by molar-refractivity contribution is 7.99. The van der Waals surface area contributed by atoms with Gasteiger partial charge in [0.15, 0.2) is 6.29 Å². The largest absolute Gasteiger partial charge is 0.392 e. The van der Waals surface area contributed by atoms with Crippen LogP contribution in [0.25, 0.3) is 16.8 Å². The Labute approximate surface area is 305 Å². The first-order valence-corrected chi connectivity index (χ1v) is 18.1. The summed E-state index contributed by atoms with van der Waals surface area (Å²) in [4.78, 5) is 27.6. The maximum atomic E-state index is 13.1. The van der Waals surface area contributed by atoms with Gasteiger partial charge in [-0.25, -0.2) is 0 Å². The predicted octanol–water partition coefficient (Wildman–Crippen LogP) is 7.20. The molecule has 2 aliphatic heterocycles. The Hall–Kier alpha value is -5.46. The van der Waals surface area contributed by atoms with Crippen LogP contribution in [0.3, 0.4) is 0 Å². The van der Waals surface area contributed by atoms with Gasteiger partial charge in [-0.3, -0.25) is 14.5 Å². The average Bonchev–Trinajstić information content (AvgIpc) is 3.77. The van der Waals surface area contributed by atoms with Gasteiger partial charge in [-0.05, 0) is 62.5 Å². The molecule has 1 fully saturated rings. The second-order valence-corrected chi connectivity index (χ2v) is 13.9. The van der Waals surface area contributed by atoms with Crippen LogP contribution in [0.5, 0.6) is 0 Å². The molecule has 0 spiro atoms. The Morgan fingerprint density at radius 2 is 1.37 bits per heavy atom. The third-order valence-corrected chi connectivity index (χ3v) is 10.7. The molecular weight excluding hydrogens is 675 g/mol. The molecule has 8 rings (SSSR count). The molecule has 3 heterocycles. The van der Waals surface area contributed by atoms with Crippen molar-refractivity contribution in [1.82, 2.24) is 25.1 Å². The number of imide groups is 1. The normalized spacial score (nSPS) is 19.9. The molecule has 10 nitrogen and oxygen atoms in total. The van der Waals surface area contributed by atoms with Crippen LogP contribution >= 0.6 is 11.8 Å². The van der Waals surface area contributed by atoms with Gasteiger partial charge in [0.25, 0.3) is 11.8 Å². The Bertz CT molecular complexity index is 2170. The van der Waals surface area contributed by atoms with Crippen molar-refractivity contribution >= 4 is 23.6 Å². The number of tetrazole rings is 1. The lowest BCUT2D eigenvalue weighted by Gasteiger charge is -2.41. The van der Waals surface area contributed by atoms with Crippen molar-refractivity contribution < 1.29 is 24.2 Å². The molecule has 6 aromatic rings. The molecule has 1 aromatic heterocycles. The van der Waals surface area contributed by atoms with Crippen molar-refractivity contribution in [2.75, 3.05) is 5.75 Å². The molecule has 2 amide bonds. The third kappa shape index (κ3) is 6.55. The molecule has 0 aliphatic carbocycles. The summed E-state index contributed by atoms with van der Waals surface area (Å²) in [7, 11) is 0. The minimum atomic E-state index is -0.655. The first kappa shape index (κ1) is 33.7. The smallest absolute Gasteiger partial charge is 0.261 e. The highest BCUT2D eigenvalue weighted by atomic mass is 32.2. The minimum Gasteiger partial charge on any atom is -0.392 e. The lowest BCUT2D eigenvalue weighted by molar-refractivity contribution is -0.268. The van der Waals surface area contributed by atoms with Crippen LogP contribution < -0.4 is 0 Å². The van der Waals surface area contributed by atoms with E-state index in [0.29, 0.717) is 22.0 Å². The number of carbonyl (C=O) groups excluding carboxylic acids is 2. The Morgan fingerprint density at radius 3 is 2.06 bits per heavy atom. The highest BCUT2D eigenvalue weighted by Crippen LogP contribution is 2.43. The minimum absolute atomic E-state index is 0.0157. The lowest BCUT2D eigenvalue weighted by Crippen LogP contribution is -2.38. The highest BCUT2D eigenvalue weighted by Gasteiger charge is 2.39. The predicted molar refractivity (Wildman–Crippen MR) is 195 cm³/mol. The number of amides is 2. The van der Waals surface area contributed by atoms with Crippen molar-refractivity contribution in [3.05, 3.63) is 161 Å². The van der Waals surface area contributed by atoms with E-state index < -0.39 is 6.29 Å². The van der Waals surface area contributed by atoms with Gasteiger partial charge in [0.2, 0.25) is 5.16 Å². The van der Waals surface area contributed by atoms with Crippen LogP contribution in [-0.2, 0) is 22.6 Å².